The molecule has 1 heterocycles. The van der Waals surface area contributed by atoms with Crippen LogP contribution in [0, 0.1) is 17.0 Å². The Labute approximate surface area is 149 Å². The first-order valence-corrected chi connectivity index (χ1v) is 9.65. The van der Waals surface area contributed by atoms with E-state index >= 15 is 0 Å². The third kappa shape index (κ3) is 3.70. The number of thiophene rings is 1. The highest BCUT2D eigenvalue weighted by atomic mass is 32.2. The first-order chi connectivity index (χ1) is 11.9. The van der Waals surface area contributed by atoms with Gasteiger partial charge >= 0.3 is 0 Å². The molecule has 0 saturated carbocycles. The summed E-state index contributed by atoms with van der Waals surface area (Å²) in [5.41, 5.74) is 1.74. The molecule has 6 nitrogen and oxygen atoms in total. The van der Waals surface area contributed by atoms with Crippen LogP contribution in [0.25, 0.3) is 10.4 Å². The Morgan fingerprint density at radius 1 is 1.08 bits per heavy atom. The molecule has 0 atom stereocenters. The van der Waals surface area contributed by atoms with Gasteiger partial charge in [-0.25, -0.2) is 8.42 Å². The number of non-ortho nitro benzene ring substituents is 1. The molecule has 2 aromatic carbocycles. The second-order valence-electron chi connectivity index (χ2n) is 5.38. The highest BCUT2D eigenvalue weighted by Gasteiger charge is 2.17. The summed E-state index contributed by atoms with van der Waals surface area (Å²) in [6.07, 6.45) is 0. The maximum absolute atomic E-state index is 12.5. The number of nitro benzene ring substituents is 1. The first-order valence-electron chi connectivity index (χ1n) is 7.28. The molecule has 25 heavy (non-hydrogen) atoms. The summed E-state index contributed by atoms with van der Waals surface area (Å²) in [5, 5.41) is 12.6. The lowest BCUT2D eigenvalue weighted by atomic mass is 10.1. The van der Waals surface area contributed by atoms with Gasteiger partial charge in [-0.15, -0.1) is 11.3 Å². The minimum absolute atomic E-state index is 0.00654. The second kappa shape index (κ2) is 6.66. The summed E-state index contributed by atoms with van der Waals surface area (Å²) in [5.74, 6) is 0. The van der Waals surface area contributed by atoms with E-state index in [9.17, 15) is 18.5 Å². The summed E-state index contributed by atoms with van der Waals surface area (Å²) in [6.45, 7) is 1.73. The van der Waals surface area contributed by atoms with Gasteiger partial charge in [0.25, 0.3) is 15.7 Å². The molecule has 128 valence electrons. The average Bonchev–Trinajstić information content (AvgIpc) is 3.03. The standard InChI is InChI=1S/C17H14N2O4S2/c1-12-5-2-3-8-17(12)25(22,23)18-14-10-16(24-11-14)13-6-4-7-15(9-13)19(20)21/h2-11,18H,1H3. The molecule has 3 aromatic rings. The van der Waals surface area contributed by atoms with Crippen molar-refractivity contribution >= 4 is 32.7 Å². The second-order valence-corrected chi connectivity index (χ2v) is 7.94. The van der Waals surface area contributed by atoms with Gasteiger partial charge < -0.3 is 0 Å². The average molecular weight is 374 g/mol. The van der Waals surface area contributed by atoms with Crippen LogP contribution in [-0.2, 0) is 10.0 Å². The van der Waals surface area contributed by atoms with Crippen molar-refractivity contribution in [1.82, 2.24) is 0 Å². The molecule has 0 saturated heterocycles. The molecule has 0 spiro atoms. The molecule has 1 aromatic heterocycles. The highest BCUT2D eigenvalue weighted by molar-refractivity contribution is 7.92. The maximum Gasteiger partial charge on any atom is 0.270 e. The quantitative estimate of drug-likeness (QED) is 0.528. The molecule has 8 heteroatoms. The van der Waals surface area contributed by atoms with E-state index in [0.717, 1.165) is 4.88 Å². The fourth-order valence-electron chi connectivity index (χ4n) is 2.38. The van der Waals surface area contributed by atoms with Crippen LogP contribution in [0.2, 0.25) is 0 Å². The molecule has 0 aliphatic heterocycles. The lowest BCUT2D eigenvalue weighted by Gasteiger charge is -2.08. The number of hydrogen-bond acceptors (Lipinski definition) is 5. The topological polar surface area (TPSA) is 89.3 Å². The predicted octanol–water partition coefficient (Wildman–Crippen LogP) is 4.43. The monoisotopic (exact) mass is 374 g/mol. The molecular weight excluding hydrogens is 360 g/mol. The third-order valence-electron chi connectivity index (χ3n) is 3.58. The summed E-state index contributed by atoms with van der Waals surface area (Å²) >= 11 is 1.31. The van der Waals surface area contributed by atoms with Crippen molar-refractivity contribution in [3.05, 3.63) is 75.7 Å². The van der Waals surface area contributed by atoms with Crippen molar-refractivity contribution in [1.29, 1.82) is 0 Å². The van der Waals surface area contributed by atoms with E-state index in [1.165, 1.54) is 23.5 Å². The van der Waals surface area contributed by atoms with Crippen LogP contribution < -0.4 is 4.72 Å². The number of anilines is 1. The van der Waals surface area contributed by atoms with Crippen molar-refractivity contribution in [2.75, 3.05) is 4.72 Å². The molecule has 0 bridgehead atoms. The van der Waals surface area contributed by atoms with Crippen LogP contribution >= 0.6 is 11.3 Å². The normalized spacial score (nSPS) is 11.2. The number of nitrogens with one attached hydrogen (secondary N) is 1. The Bertz CT molecular complexity index is 1040. The Kier molecular flexibility index (Phi) is 4.56. The van der Waals surface area contributed by atoms with E-state index in [4.69, 9.17) is 0 Å². The lowest BCUT2D eigenvalue weighted by molar-refractivity contribution is -0.384. The van der Waals surface area contributed by atoms with Crippen LogP contribution in [0.1, 0.15) is 5.56 Å². The maximum atomic E-state index is 12.5. The largest absolute Gasteiger partial charge is 0.279 e. The van der Waals surface area contributed by atoms with Crippen LogP contribution in [0.3, 0.4) is 0 Å². The van der Waals surface area contributed by atoms with Crippen LogP contribution in [0.5, 0.6) is 0 Å². The van der Waals surface area contributed by atoms with Crippen LogP contribution in [0.15, 0.2) is 64.9 Å². The smallest absolute Gasteiger partial charge is 0.270 e. The molecular formula is C17H14N2O4S2. The van der Waals surface area contributed by atoms with E-state index in [2.05, 4.69) is 4.72 Å². The zero-order chi connectivity index (χ0) is 18.0. The fraction of sp³-hybridized carbons (Fsp3) is 0.0588. The minimum atomic E-state index is -3.69. The Hall–Kier alpha value is -2.71. The number of hydrogen-bond donors (Lipinski definition) is 1. The van der Waals surface area contributed by atoms with Crippen LogP contribution in [-0.4, -0.2) is 13.3 Å². The van der Waals surface area contributed by atoms with Gasteiger partial charge in [0.1, 0.15) is 0 Å². The highest BCUT2D eigenvalue weighted by Crippen LogP contribution is 2.32. The molecule has 0 radical (unpaired) electrons. The predicted molar refractivity (Wildman–Crippen MR) is 98.4 cm³/mol. The molecule has 0 unspecified atom stereocenters. The molecule has 0 amide bonds. The van der Waals surface area contributed by atoms with Gasteiger partial charge in [-0.2, -0.15) is 0 Å². The van der Waals surface area contributed by atoms with Gasteiger partial charge in [0.15, 0.2) is 0 Å². The first kappa shape index (κ1) is 17.1. The zero-order valence-electron chi connectivity index (χ0n) is 13.2. The number of benzene rings is 2. The SMILES string of the molecule is Cc1ccccc1S(=O)(=O)Nc1csc(-c2cccc([N+](=O)[O-])c2)c1. The van der Waals surface area contributed by atoms with Gasteiger partial charge in [-0.05, 0) is 30.2 Å². The van der Waals surface area contributed by atoms with E-state index in [1.54, 1.807) is 54.8 Å². The number of nitrogens with zero attached hydrogens (tertiary/aromatic N) is 1. The summed E-state index contributed by atoms with van der Waals surface area (Å²) in [7, 11) is -3.69. The van der Waals surface area contributed by atoms with E-state index in [1.807, 2.05) is 0 Å². The van der Waals surface area contributed by atoms with E-state index in [0.29, 0.717) is 16.8 Å². The summed E-state index contributed by atoms with van der Waals surface area (Å²) in [6, 6.07) is 14.6. The molecule has 0 aliphatic rings. The van der Waals surface area contributed by atoms with Gasteiger partial charge in [-0.3, -0.25) is 14.8 Å². The van der Waals surface area contributed by atoms with Gasteiger partial charge in [-0.1, -0.05) is 30.3 Å². The summed E-state index contributed by atoms with van der Waals surface area (Å²) < 4.78 is 27.6. The lowest BCUT2D eigenvalue weighted by Crippen LogP contribution is -2.13. The van der Waals surface area contributed by atoms with Gasteiger partial charge in [0.05, 0.1) is 15.5 Å². The number of rotatable bonds is 5. The van der Waals surface area contributed by atoms with Crippen molar-refractivity contribution < 1.29 is 13.3 Å². The van der Waals surface area contributed by atoms with Crippen molar-refractivity contribution in [2.45, 2.75) is 11.8 Å². The minimum Gasteiger partial charge on any atom is -0.279 e. The third-order valence-corrected chi connectivity index (χ3v) is 6.10. The van der Waals surface area contributed by atoms with Crippen LogP contribution in [0.4, 0.5) is 11.4 Å². The van der Waals surface area contributed by atoms with Gasteiger partial charge in [0.2, 0.25) is 0 Å². The van der Waals surface area contributed by atoms with Gasteiger partial charge in [0, 0.05) is 22.4 Å². The molecule has 0 fully saturated rings. The molecule has 1 N–H and O–H groups in total. The van der Waals surface area contributed by atoms with Crippen molar-refractivity contribution in [2.24, 2.45) is 0 Å². The van der Waals surface area contributed by atoms with Crippen molar-refractivity contribution in [3.8, 4) is 10.4 Å². The van der Waals surface area contributed by atoms with E-state index in [-0.39, 0.29) is 10.6 Å². The fourth-order valence-corrected chi connectivity index (χ4v) is 4.58. The number of nitro groups is 1. The van der Waals surface area contributed by atoms with E-state index < -0.39 is 14.9 Å². The molecule has 3 rings (SSSR count). The number of sulfonamides is 1. The van der Waals surface area contributed by atoms with Crippen molar-refractivity contribution in [3.63, 3.8) is 0 Å². The Morgan fingerprint density at radius 3 is 2.56 bits per heavy atom. The Morgan fingerprint density at radius 2 is 1.84 bits per heavy atom. The Balaban J connectivity index is 1.89. The molecule has 0 aliphatic carbocycles. The number of aryl methyl sites for hydroxylation is 1. The summed E-state index contributed by atoms with van der Waals surface area (Å²) in [4.78, 5) is 11.4. The zero-order valence-corrected chi connectivity index (χ0v) is 14.8.